The summed E-state index contributed by atoms with van der Waals surface area (Å²) < 4.78 is 10.3. The molecule has 6 heteroatoms. The van der Waals surface area contributed by atoms with E-state index < -0.39 is 0 Å². The topological polar surface area (TPSA) is 68.5 Å². The first-order valence-corrected chi connectivity index (χ1v) is 8.26. The number of methoxy groups -OCH3 is 1. The van der Waals surface area contributed by atoms with Crippen LogP contribution in [0.25, 0.3) is 0 Å². The van der Waals surface area contributed by atoms with Crippen molar-refractivity contribution in [2.75, 3.05) is 7.11 Å². The lowest BCUT2D eigenvalue weighted by molar-refractivity contribution is -0.146. The highest BCUT2D eigenvalue weighted by atomic mass is 16.5. The highest BCUT2D eigenvalue weighted by Crippen LogP contribution is 2.40. The van der Waals surface area contributed by atoms with Crippen LogP contribution < -0.4 is 0 Å². The lowest BCUT2D eigenvalue weighted by atomic mass is 9.85. The van der Waals surface area contributed by atoms with Gasteiger partial charge in [-0.15, -0.1) is 0 Å². The van der Waals surface area contributed by atoms with E-state index >= 15 is 0 Å². The van der Waals surface area contributed by atoms with Crippen LogP contribution in [0.1, 0.15) is 63.6 Å². The molecule has 3 atom stereocenters. The molecule has 1 saturated carbocycles. The number of rotatable bonds is 4. The first kappa shape index (κ1) is 15.5. The van der Waals surface area contributed by atoms with E-state index in [-0.39, 0.29) is 17.9 Å². The summed E-state index contributed by atoms with van der Waals surface area (Å²) in [6.07, 6.45) is 5.75. The Morgan fingerprint density at radius 3 is 2.86 bits per heavy atom. The molecular formula is C16H25N3O3. The number of ether oxygens (including phenoxy) is 1. The quantitative estimate of drug-likeness (QED) is 0.796. The minimum atomic E-state index is -0.168. The Kier molecular flexibility index (Phi) is 4.47. The molecule has 0 amide bonds. The molecule has 0 aromatic carbocycles. The molecule has 6 nitrogen and oxygen atoms in total. The third kappa shape index (κ3) is 2.89. The minimum Gasteiger partial charge on any atom is -0.468 e. The molecule has 0 radical (unpaired) electrons. The summed E-state index contributed by atoms with van der Waals surface area (Å²) in [5.41, 5.74) is 0. The second-order valence-corrected chi connectivity index (χ2v) is 6.76. The Hall–Kier alpha value is -1.43. The van der Waals surface area contributed by atoms with Crippen LogP contribution in [0, 0.1) is 5.92 Å². The fourth-order valence-electron chi connectivity index (χ4n) is 3.88. The van der Waals surface area contributed by atoms with E-state index in [2.05, 4.69) is 15.0 Å². The fourth-order valence-corrected chi connectivity index (χ4v) is 3.88. The van der Waals surface area contributed by atoms with Crippen LogP contribution in [0.5, 0.6) is 0 Å². The zero-order valence-corrected chi connectivity index (χ0v) is 13.6. The van der Waals surface area contributed by atoms with Gasteiger partial charge in [0.1, 0.15) is 6.04 Å². The molecule has 1 saturated heterocycles. The van der Waals surface area contributed by atoms with Gasteiger partial charge < -0.3 is 9.26 Å². The Morgan fingerprint density at radius 2 is 2.18 bits per heavy atom. The predicted molar refractivity (Wildman–Crippen MR) is 80.1 cm³/mol. The summed E-state index contributed by atoms with van der Waals surface area (Å²) in [5.74, 6) is 2.00. The molecular weight excluding hydrogens is 282 g/mol. The van der Waals surface area contributed by atoms with Gasteiger partial charge in [-0.05, 0) is 25.2 Å². The van der Waals surface area contributed by atoms with Crippen molar-refractivity contribution in [2.45, 2.75) is 70.5 Å². The van der Waals surface area contributed by atoms with E-state index in [4.69, 9.17) is 9.26 Å². The van der Waals surface area contributed by atoms with Crippen LogP contribution in [0.3, 0.4) is 0 Å². The van der Waals surface area contributed by atoms with E-state index in [1.165, 1.54) is 26.4 Å². The van der Waals surface area contributed by atoms with Crippen LogP contribution >= 0.6 is 0 Å². The van der Waals surface area contributed by atoms with Crippen molar-refractivity contribution in [1.29, 1.82) is 0 Å². The maximum absolute atomic E-state index is 12.1. The number of nitrogens with zero attached hydrogens (tertiary/aromatic N) is 3. The number of hydrogen-bond donors (Lipinski definition) is 0. The van der Waals surface area contributed by atoms with Gasteiger partial charge in [0.15, 0.2) is 5.82 Å². The van der Waals surface area contributed by atoms with Gasteiger partial charge in [0, 0.05) is 12.0 Å². The van der Waals surface area contributed by atoms with Crippen LogP contribution in [0.4, 0.5) is 0 Å². The van der Waals surface area contributed by atoms with Crippen molar-refractivity contribution in [3.05, 3.63) is 11.7 Å². The maximum atomic E-state index is 12.1. The molecule has 0 unspecified atom stereocenters. The largest absolute Gasteiger partial charge is 0.468 e. The second kappa shape index (κ2) is 6.36. The average Bonchev–Trinajstić information content (AvgIpc) is 3.12. The van der Waals surface area contributed by atoms with E-state index in [0.29, 0.717) is 30.2 Å². The van der Waals surface area contributed by atoms with Crippen LogP contribution in [-0.2, 0) is 16.1 Å². The first-order chi connectivity index (χ1) is 10.6. The van der Waals surface area contributed by atoms with E-state index in [0.717, 1.165) is 12.8 Å². The Morgan fingerprint density at radius 1 is 1.41 bits per heavy atom. The van der Waals surface area contributed by atoms with Gasteiger partial charge in [-0.25, -0.2) is 0 Å². The van der Waals surface area contributed by atoms with Gasteiger partial charge in [0.2, 0.25) is 5.89 Å². The number of aromatic nitrogens is 2. The molecule has 2 fully saturated rings. The van der Waals surface area contributed by atoms with Gasteiger partial charge >= 0.3 is 5.97 Å². The molecule has 1 aliphatic heterocycles. The monoisotopic (exact) mass is 307 g/mol. The van der Waals surface area contributed by atoms with Crippen molar-refractivity contribution in [1.82, 2.24) is 15.0 Å². The Bertz CT molecular complexity index is 528. The lowest BCUT2D eigenvalue weighted by Gasteiger charge is -2.32. The highest BCUT2D eigenvalue weighted by molar-refractivity contribution is 5.76. The zero-order valence-electron chi connectivity index (χ0n) is 13.6. The van der Waals surface area contributed by atoms with Gasteiger partial charge in [-0.2, -0.15) is 4.98 Å². The molecule has 22 heavy (non-hydrogen) atoms. The van der Waals surface area contributed by atoms with Crippen LogP contribution in [-0.4, -0.2) is 40.2 Å². The van der Waals surface area contributed by atoms with Gasteiger partial charge in [-0.3, -0.25) is 9.69 Å². The summed E-state index contributed by atoms with van der Waals surface area (Å²) in [7, 11) is 1.47. The molecule has 3 rings (SSSR count). The van der Waals surface area contributed by atoms with E-state index in [9.17, 15) is 4.79 Å². The molecule has 0 N–H and O–H groups in total. The Labute approximate surface area is 131 Å². The van der Waals surface area contributed by atoms with Crippen molar-refractivity contribution >= 4 is 5.97 Å². The van der Waals surface area contributed by atoms with E-state index in [1.807, 2.05) is 13.8 Å². The SMILES string of the molecule is COC(=O)[C@@H]1C[C@@H]2CCCC[C@H]2N1Cc1noc(C(C)C)n1. The third-order valence-electron chi connectivity index (χ3n) is 5.00. The average molecular weight is 307 g/mol. The molecule has 1 aromatic heterocycles. The summed E-state index contributed by atoms with van der Waals surface area (Å²) in [5, 5.41) is 4.08. The summed E-state index contributed by atoms with van der Waals surface area (Å²) in [6, 6.07) is 0.276. The standard InChI is InChI=1S/C16H25N3O3/c1-10(2)15-17-14(18-22-15)9-19-12-7-5-4-6-11(12)8-13(19)16(20)21-3/h10-13H,4-9H2,1-3H3/t11-,12+,13-/m0/s1. The van der Waals surface area contributed by atoms with Crippen molar-refractivity contribution in [3.8, 4) is 0 Å². The number of hydrogen-bond acceptors (Lipinski definition) is 6. The molecule has 1 aliphatic carbocycles. The predicted octanol–water partition coefficient (Wildman–Crippen LogP) is 2.50. The summed E-state index contributed by atoms with van der Waals surface area (Å²) in [4.78, 5) is 18.8. The number of esters is 1. The number of carbonyl (C=O) groups excluding carboxylic acids is 1. The highest BCUT2D eigenvalue weighted by Gasteiger charge is 2.45. The van der Waals surface area contributed by atoms with Crippen molar-refractivity contribution in [2.24, 2.45) is 5.92 Å². The molecule has 2 heterocycles. The maximum Gasteiger partial charge on any atom is 0.323 e. The molecule has 122 valence electrons. The smallest absolute Gasteiger partial charge is 0.323 e. The fraction of sp³-hybridized carbons (Fsp3) is 0.812. The van der Waals surface area contributed by atoms with Crippen molar-refractivity contribution in [3.63, 3.8) is 0 Å². The molecule has 0 spiro atoms. The molecule has 1 aromatic rings. The van der Waals surface area contributed by atoms with Crippen LogP contribution in [0.2, 0.25) is 0 Å². The number of carbonyl (C=O) groups is 1. The second-order valence-electron chi connectivity index (χ2n) is 6.76. The molecule has 0 bridgehead atoms. The Balaban J connectivity index is 1.78. The number of likely N-dealkylation sites (tertiary alicyclic amines) is 1. The minimum absolute atomic E-state index is 0.137. The van der Waals surface area contributed by atoms with Gasteiger partial charge in [0.25, 0.3) is 0 Å². The lowest BCUT2D eigenvalue weighted by Crippen LogP contribution is -2.42. The van der Waals surface area contributed by atoms with Crippen LogP contribution in [0.15, 0.2) is 4.52 Å². The third-order valence-corrected chi connectivity index (χ3v) is 5.00. The van der Waals surface area contributed by atoms with E-state index in [1.54, 1.807) is 0 Å². The normalized spacial score (nSPS) is 28.8. The summed E-state index contributed by atoms with van der Waals surface area (Å²) in [6.45, 7) is 4.63. The zero-order chi connectivity index (χ0) is 15.7. The number of fused-ring (bicyclic) bond motifs is 1. The molecule has 2 aliphatic rings. The van der Waals surface area contributed by atoms with Crippen molar-refractivity contribution < 1.29 is 14.1 Å². The van der Waals surface area contributed by atoms with Gasteiger partial charge in [0.05, 0.1) is 13.7 Å². The first-order valence-electron chi connectivity index (χ1n) is 8.26. The summed E-state index contributed by atoms with van der Waals surface area (Å²) >= 11 is 0. The van der Waals surface area contributed by atoms with Gasteiger partial charge in [-0.1, -0.05) is 31.8 Å².